The van der Waals surface area contributed by atoms with Crippen LogP contribution in [0.25, 0.3) is 0 Å². The number of ether oxygens (including phenoxy) is 2. The number of rotatable bonds is 4. The molecule has 1 atom stereocenters. The minimum Gasteiger partial charge on any atom is -0.469 e. The summed E-state index contributed by atoms with van der Waals surface area (Å²) in [6, 6.07) is 5.16. The second-order valence-corrected chi connectivity index (χ2v) is 3.51. The molecule has 17 heavy (non-hydrogen) atoms. The summed E-state index contributed by atoms with van der Waals surface area (Å²) in [6.07, 6.45) is -0.643. The van der Waals surface area contributed by atoms with Crippen LogP contribution in [0.2, 0.25) is 0 Å². The van der Waals surface area contributed by atoms with Crippen LogP contribution in [0.4, 0.5) is 4.39 Å². The molecule has 0 aliphatic rings. The Labute approximate surface area is 98.3 Å². The molecular weight excluding hydrogens is 227 g/mol. The first-order valence-corrected chi connectivity index (χ1v) is 5.06. The second-order valence-electron chi connectivity index (χ2n) is 3.51. The van der Waals surface area contributed by atoms with Crippen LogP contribution in [-0.2, 0) is 14.3 Å². The van der Waals surface area contributed by atoms with Crippen LogP contribution in [0.15, 0.2) is 24.3 Å². The third-order valence-electron chi connectivity index (χ3n) is 2.05. The van der Waals surface area contributed by atoms with Gasteiger partial charge >= 0.3 is 11.9 Å². The van der Waals surface area contributed by atoms with E-state index >= 15 is 0 Å². The average Bonchev–Trinajstić information content (AvgIpc) is 2.28. The zero-order chi connectivity index (χ0) is 12.8. The summed E-state index contributed by atoms with van der Waals surface area (Å²) in [5.74, 6) is -1.65. The highest BCUT2D eigenvalue weighted by molar-refractivity contribution is 5.89. The molecule has 0 heterocycles. The van der Waals surface area contributed by atoms with Gasteiger partial charge in [-0.3, -0.25) is 4.79 Å². The smallest absolute Gasteiger partial charge is 0.338 e. The number of benzene rings is 1. The summed E-state index contributed by atoms with van der Waals surface area (Å²) in [4.78, 5) is 22.5. The second kappa shape index (κ2) is 5.98. The highest BCUT2D eigenvalue weighted by Crippen LogP contribution is 2.08. The molecule has 0 spiro atoms. The van der Waals surface area contributed by atoms with E-state index in [1.165, 1.54) is 25.3 Å². The molecule has 1 aromatic carbocycles. The molecule has 4 nitrogen and oxygen atoms in total. The van der Waals surface area contributed by atoms with Gasteiger partial charge in [-0.2, -0.15) is 0 Å². The first-order valence-electron chi connectivity index (χ1n) is 5.06. The molecule has 0 amide bonds. The van der Waals surface area contributed by atoms with Crippen molar-refractivity contribution in [3.8, 4) is 0 Å². The first kappa shape index (κ1) is 13.2. The van der Waals surface area contributed by atoms with Crippen LogP contribution in [0.1, 0.15) is 23.7 Å². The zero-order valence-corrected chi connectivity index (χ0v) is 9.60. The lowest BCUT2D eigenvalue weighted by atomic mass is 10.2. The first-order chi connectivity index (χ1) is 8.02. The average molecular weight is 240 g/mol. The number of carbonyl (C=O) groups excluding carboxylic acids is 2. The van der Waals surface area contributed by atoms with E-state index < -0.39 is 23.9 Å². The third kappa shape index (κ3) is 4.22. The molecule has 0 aliphatic heterocycles. The Bertz CT molecular complexity index is 417. The molecule has 0 bridgehead atoms. The van der Waals surface area contributed by atoms with Crippen molar-refractivity contribution in [2.24, 2.45) is 0 Å². The Hall–Kier alpha value is -1.91. The maximum absolute atomic E-state index is 12.8. The molecule has 0 aliphatic carbocycles. The van der Waals surface area contributed by atoms with Crippen molar-refractivity contribution in [3.05, 3.63) is 35.6 Å². The minimum atomic E-state index is -0.666. The standard InChI is InChI=1S/C12H13FO4/c1-8(6-11(14)16-2)17-12(15)9-4-3-5-10(13)7-9/h3-5,7-8H,6H2,1-2H3/t8-/m1/s1. The summed E-state index contributed by atoms with van der Waals surface area (Å²) in [5, 5.41) is 0. The van der Waals surface area contributed by atoms with Crippen LogP contribution in [0.5, 0.6) is 0 Å². The predicted octanol–water partition coefficient (Wildman–Crippen LogP) is 1.93. The van der Waals surface area contributed by atoms with Crippen molar-refractivity contribution in [1.82, 2.24) is 0 Å². The lowest BCUT2D eigenvalue weighted by Crippen LogP contribution is -2.19. The number of halogens is 1. The SMILES string of the molecule is COC(=O)C[C@@H](C)OC(=O)c1cccc(F)c1. The monoisotopic (exact) mass is 240 g/mol. The number of carbonyl (C=O) groups is 2. The Morgan fingerprint density at radius 1 is 1.41 bits per heavy atom. The van der Waals surface area contributed by atoms with Crippen molar-refractivity contribution in [3.63, 3.8) is 0 Å². The van der Waals surface area contributed by atoms with Crippen molar-refractivity contribution >= 4 is 11.9 Å². The normalized spacial score (nSPS) is 11.7. The molecule has 0 aromatic heterocycles. The van der Waals surface area contributed by atoms with Crippen LogP contribution >= 0.6 is 0 Å². The molecule has 0 fully saturated rings. The van der Waals surface area contributed by atoms with E-state index in [1.54, 1.807) is 6.92 Å². The van der Waals surface area contributed by atoms with Gasteiger partial charge in [0.05, 0.1) is 19.1 Å². The maximum atomic E-state index is 12.8. The van der Waals surface area contributed by atoms with Gasteiger partial charge in [0.15, 0.2) is 0 Å². The summed E-state index contributed by atoms with van der Waals surface area (Å²) in [5.41, 5.74) is 0.113. The van der Waals surface area contributed by atoms with Crippen LogP contribution in [-0.4, -0.2) is 25.2 Å². The fraction of sp³-hybridized carbons (Fsp3) is 0.333. The number of methoxy groups -OCH3 is 1. The van der Waals surface area contributed by atoms with Gasteiger partial charge in [0.25, 0.3) is 0 Å². The van der Waals surface area contributed by atoms with E-state index in [4.69, 9.17) is 4.74 Å². The van der Waals surface area contributed by atoms with Gasteiger partial charge in [-0.15, -0.1) is 0 Å². The molecule has 1 aromatic rings. The molecule has 0 N–H and O–H groups in total. The van der Waals surface area contributed by atoms with Crippen LogP contribution in [0.3, 0.4) is 0 Å². The summed E-state index contributed by atoms with van der Waals surface area (Å²) in [7, 11) is 1.25. The van der Waals surface area contributed by atoms with E-state index in [-0.39, 0.29) is 12.0 Å². The highest BCUT2D eigenvalue weighted by Gasteiger charge is 2.15. The van der Waals surface area contributed by atoms with E-state index in [1.807, 2.05) is 0 Å². The quantitative estimate of drug-likeness (QED) is 0.754. The third-order valence-corrected chi connectivity index (χ3v) is 2.05. The molecule has 0 saturated heterocycles. The predicted molar refractivity (Wildman–Crippen MR) is 57.9 cm³/mol. The fourth-order valence-corrected chi connectivity index (χ4v) is 1.23. The molecule has 0 unspecified atom stereocenters. The molecule has 0 saturated carbocycles. The van der Waals surface area contributed by atoms with Crippen LogP contribution in [0, 0.1) is 5.82 Å². The van der Waals surface area contributed by atoms with Gasteiger partial charge in [-0.05, 0) is 25.1 Å². The Morgan fingerprint density at radius 2 is 2.12 bits per heavy atom. The van der Waals surface area contributed by atoms with E-state index in [2.05, 4.69) is 4.74 Å². The van der Waals surface area contributed by atoms with Crippen molar-refractivity contribution in [1.29, 1.82) is 0 Å². The lowest BCUT2D eigenvalue weighted by Gasteiger charge is -2.11. The highest BCUT2D eigenvalue weighted by atomic mass is 19.1. The van der Waals surface area contributed by atoms with Gasteiger partial charge in [0.1, 0.15) is 11.9 Å². The Morgan fingerprint density at radius 3 is 2.71 bits per heavy atom. The summed E-state index contributed by atoms with van der Waals surface area (Å²) >= 11 is 0. The maximum Gasteiger partial charge on any atom is 0.338 e. The Kier molecular flexibility index (Phi) is 4.63. The fourth-order valence-electron chi connectivity index (χ4n) is 1.23. The van der Waals surface area contributed by atoms with E-state index in [9.17, 15) is 14.0 Å². The van der Waals surface area contributed by atoms with Crippen molar-refractivity contribution in [2.45, 2.75) is 19.4 Å². The van der Waals surface area contributed by atoms with Crippen LogP contribution < -0.4 is 0 Å². The number of hydrogen-bond acceptors (Lipinski definition) is 4. The van der Waals surface area contributed by atoms with E-state index in [0.717, 1.165) is 6.07 Å². The molecule has 1 rings (SSSR count). The number of hydrogen-bond donors (Lipinski definition) is 0. The van der Waals surface area contributed by atoms with Gasteiger partial charge in [0, 0.05) is 0 Å². The van der Waals surface area contributed by atoms with Crippen molar-refractivity contribution < 1.29 is 23.5 Å². The topological polar surface area (TPSA) is 52.6 Å². The molecule has 5 heteroatoms. The largest absolute Gasteiger partial charge is 0.469 e. The van der Waals surface area contributed by atoms with Gasteiger partial charge in [-0.1, -0.05) is 6.07 Å². The summed E-state index contributed by atoms with van der Waals surface area (Å²) in [6.45, 7) is 1.56. The van der Waals surface area contributed by atoms with Crippen molar-refractivity contribution in [2.75, 3.05) is 7.11 Å². The van der Waals surface area contributed by atoms with E-state index in [0.29, 0.717) is 0 Å². The number of esters is 2. The molecule has 0 radical (unpaired) electrons. The lowest BCUT2D eigenvalue weighted by molar-refractivity contribution is -0.142. The molecular formula is C12H13FO4. The summed E-state index contributed by atoms with van der Waals surface area (Å²) < 4.78 is 22.2. The van der Waals surface area contributed by atoms with Gasteiger partial charge < -0.3 is 9.47 Å². The van der Waals surface area contributed by atoms with Gasteiger partial charge in [-0.25, -0.2) is 9.18 Å². The Balaban J connectivity index is 2.57. The zero-order valence-electron chi connectivity index (χ0n) is 9.60. The minimum absolute atomic E-state index is 0.0302. The van der Waals surface area contributed by atoms with Gasteiger partial charge in [0.2, 0.25) is 0 Å². The molecule has 92 valence electrons.